The van der Waals surface area contributed by atoms with Gasteiger partial charge in [0.1, 0.15) is 0 Å². The zero-order valence-corrected chi connectivity index (χ0v) is 15.3. The fourth-order valence-corrected chi connectivity index (χ4v) is 2.49. The maximum Gasteiger partial charge on any atom is 0.322 e. The van der Waals surface area contributed by atoms with Crippen LogP contribution >= 0.6 is 0 Å². The highest BCUT2D eigenvalue weighted by atomic mass is 16.2. The summed E-state index contributed by atoms with van der Waals surface area (Å²) in [5.41, 5.74) is 3.47. The Morgan fingerprint density at radius 3 is 2.42 bits per heavy atom. The maximum atomic E-state index is 12.5. The molecular weight excluding hydrogens is 326 g/mol. The first-order chi connectivity index (χ1) is 12.5. The lowest BCUT2D eigenvalue weighted by molar-refractivity contribution is 0.0958. The molecule has 0 aromatic heterocycles. The van der Waals surface area contributed by atoms with Crippen LogP contribution in [0.4, 0.5) is 10.5 Å². The van der Waals surface area contributed by atoms with E-state index in [2.05, 4.69) is 17.2 Å². The molecule has 0 atom stereocenters. The third-order valence-corrected chi connectivity index (χ3v) is 4.10. The fourth-order valence-electron chi connectivity index (χ4n) is 2.49. The van der Waals surface area contributed by atoms with Gasteiger partial charge in [-0.05, 0) is 49.2 Å². The summed E-state index contributed by atoms with van der Waals surface area (Å²) in [6, 6.07) is 14.7. The van der Waals surface area contributed by atoms with Gasteiger partial charge in [-0.1, -0.05) is 30.3 Å². The molecule has 0 heterocycles. The zero-order valence-electron chi connectivity index (χ0n) is 15.3. The molecule has 0 spiro atoms. The van der Waals surface area contributed by atoms with Crippen molar-refractivity contribution in [2.24, 2.45) is 0 Å². The number of amides is 3. The molecule has 5 heteroatoms. The maximum absolute atomic E-state index is 12.5. The number of benzene rings is 2. The van der Waals surface area contributed by atoms with Crippen LogP contribution in [0.2, 0.25) is 0 Å². The lowest BCUT2D eigenvalue weighted by atomic mass is 10.1. The largest absolute Gasteiger partial charge is 0.349 e. The van der Waals surface area contributed by atoms with Crippen molar-refractivity contribution in [1.82, 2.24) is 10.2 Å². The van der Waals surface area contributed by atoms with Crippen molar-refractivity contribution in [2.45, 2.75) is 20.4 Å². The Morgan fingerprint density at radius 1 is 1.12 bits per heavy atom. The van der Waals surface area contributed by atoms with Crippen molar-refractivity contribution in [3.63, 3.8) is 0 Å². The molecule has 0 aliphatic carbocycles. The molecule has 0 fully saturated rings. The molecule has 0 bridgehead atoms. The minimum absolute atomic E-state index is 0.167. The number of hydrogen-bond donors (Lipinski definition) is 2. The van der Waals surface area contributed by atoms with Crippen molar-refractivity contribution in [1.29, 1.82) is 0 Å². The Morgan fingerprint density at radius 2 is 1.81 bits per heavy atom. The molecule has 0 saturated heterocycles. The van der Waals surface area contributed by atoms with E-state index >= 15 is 0 Å². The second-order valence-corrected chi connectivity index (χ2v) is 5.95. The number of rotatable bonds is 7. The number of carbonyl (C=O) groups is 2. The molecule has 136 valence electrons. The summed E-state index contributed by atoms with van der Waals surface area (Å²) in [4.78, 5) is 26.2. The van der Waals surface area contributed by atoms with Gasteiger partial charge in [0.25, 0.3) is 5.91 Å². The summed E-state index contributed by atoms with van der Waals surface area (Å²) < 4.78 is 0. The van der Waals surface area contributed by atoms with Gasteiger partial charge in [-0.2, -0.15) is 0 Å². The average Bonchev–Trinajstić information content (AvgIpc) is 2.66. The SMILES string of the molecule is C=CCNC(=O)c1ccc(NC(=O)N(CC)Cc2ccccc2C)cc1. The second-order valence-electron chi connectivity index (χ2n) is 5.95. The van der Waals surface area contributed by atoms with Gasteiger partial charge in [0, 0.05) is 30.9 Å². The molecule has 0 radical (unpaired) electrons. The smallest absolute Gasteiger partial charge is 0.322 e. The molecular formula is C21H25N3O2. The molecule has 5 nitrogen and oxygen atoms in total. The number of nitrogens with zero attached hydrogens (tertiary/aromatic N) is 1. The van der Waals surface area contributed by atoms with Crippen LogP contribution in [0.5, 0.6) is 0 Å². The van der Waals surface area contributed by atoms with E-state index in [1.54, 1.807) is 35.2 Å². The van der Waals surface area contributed by atoms with Gasteiger partial charge in [0.15, 0.2) is 0 Å². The van der Waals surface area contributed by atoms with Gasteiger partial charge in [-0.15, -0.1) is 6.58 Å². The highest BCUT2D eigenvalue weighted by Crippen LogP contribution is 2.14. The summed E-state index contributed by atoms with van der Waals surface area (Å²) in [6.45, 7) is 9.12. The van der Waals surface area contributed by atoms with Crippen LogP contribution in [0, 0.1) is 6.92 Å². The average molecular weight is 351 g/mol. The van der Waals surface area contributed by atoms with Crippen molar-refractivity contribution in [3.05, 3.63) is 77.9 Å². The molecule has 3 amide bonds. The van der Waals surface area contributed by atoms with Crippen molar-refractivity contribution in [2.75, 3.05) is 18.4 Å². The van der Waals surface area contributed by atoms with Crippen LogP contribution in [-0.2, 0) is 6.54 Å². The predicted molar refractivity (Wildman–Crippen MR) is 105 cm³/mol. The Balaban J connectivity index is 2.00. The summed E-state index contributed by atoms with van der Waals surface area (Å²) in [6.07, 6.45) is 1.63. The van der Waals surface area contributed by atoms with Crippen molar-refractivity contribution < 1.29 is 9.59 Å². The molecule has 2 rings (SSSR count). The van der Waals surface area contributed by atoms with E-state index in [1.807, 2.05) is 38.1 Å². The van der Waals surface area contributed by atoms with E-state index in [0.717, 1.165) is 11.1 Å². The number of anilines is 1. The number of hydrogen-bond acceptors (Lipinski definition) is 2. The predicted octanol–water partition coefficient (Wildman–Crippen LogP) is 3.96. The molecule has 2 N–H and O–H groups in total. The third kappa shape index (κ3) is 5.21. The Kier molecular flexibility index (Phi) is 6.97. The lowest BCUT2D eigenvalue weighted by Gasteiger charge is -2.22. The molecule has 2 aromatic rings. The Bertz CT molecular complexity index is 769. The topological polar surface area (TPSA) is 61.4 Å². The van der Waals surface area contributed by atoms with Crippen LogP contribution in [0.1, 0.15) is 28.4 Å². The van der Waals surface area contributed by atoms with E-state index in [4.69, 9.17) is 0 Å². The monoisotopic (exact) mass is 351 g/mol. The van der Waals surface area contributed by atoms with Crippen LogP contribution in [0.3, 0.4) is 0 Å². The number of carbonyl (C=O) groups excluding carboxylic acids is 2. The van der Waals surface area contributed by atoms with E-state index < -0.39 is 0 Å². The lowest BCUT2D eigenvalue weighted by Crippen LogP contribution is -2.34. The Hall–Kier alpha value is -3.08. The quantitative estimate of drug-likeness (QED) is 0.742. The standard InChI is InChI=1S/C21H25N3O2/c1-4-14-22-20(25)17-10-12-19(13-11-17)23-21(26)24(5-2)15-18-9-7-6-8-16(18)3/h4,6-13H,1,5,14-15H2,2-3H3,(H,22,25)(H,23,26). The van der Waals surface area contributed by atoms with Crippen LogP contribution in [-0.4, -0.2) is 29.9 Å². The van der Waals surface area contributed by atoms with E-state index in [0.29, 0.717) is 30.9 Å². The highest BCUT2D eigenvalue weighted by Gasteiger charge is 2.13. The zero-order chi connectivity index (χ0) is 18.9. The molecule has 0 saturated carbocycles. The minimum atomic E-state index is -0.169. The minimum Gasteiger partial charge on any atom is -0.349 e. The summed E-state index contributed by atoms with van der Waals surface area (Å²) in [5.74, 6) is -0.169. The third-order valence-electron chi connectivity index (χ3n) is 4.10. The first-order valence-electron chi connectivity index (χ1n) is 8.64. The molecule has 0 aliphatic rings. The Labute approximate surface area is 154 Å². The summed E-state index contributed by atoms with van der Waals surface area (Å²) in [7, 11) is 0. The van der Waals surface area contributed by atoms with Crippen molar-refractivity contribution >= 4 is 17.6 Å². The molecule has 26 heavy (non-hydrogen) atoms. The normalized spacial score (nSPS) is 10.1. The highest BCUT2D eigenvalue weighted by molar-refractivity contribution is 5.95. The second kappa shape index (κ2) is 9.42. The first-order valence-corrected chi connectivity index (χ1v) is 8.64. The van der Waals surface area contributed by atoms with Crippen LogP contribution in [0.25, 0.3) is 0 Å². The van der Waals surface area contributed by atoms with Gasteiger partial charge in [0.05, 0.1) is 0 Å². The molecule has 0 unspecified atom stereocenters. The van der Waals surface area contributed by atoms with Crippen LogP contribution in [0.15, 0.2) is 61.2 Å². The number of urea groups is 1. The van der Waals surface area contributed by atoms with Crippen LogP contribution < -0.4 is 10.6 Å². The van der Waals surface area contributed by atoms with Gasteiger partial charge in [-0.3, -0.25) is 4.79 Å². The van der Waals surface area contributed by atoms with Crippen molar-refractivity contribution in [3.8, 4) is 0 Å². The first kappa shape index (κ1) is 19.2. The fraction of sp³-hybridized carbons (Fsp3) is 0.238. The molecule has 2 aromatic carbocycles. The summed E-state index contributed by atoms with van der Waals surface area (Å²) in [5, 5.41) is 5.60. The number of aryl methyl sites for hydroxylation is 1. The molecule has 0 aliphatic heterocycles. The number of nitrogens with one attached hydrogen (secondary N) is 2. The van der Waals surface area contributed by atoms with E-state index in [1.165, 1.54) is 0 Å². The van der Waals surface area contributed by atoms with Gasteiger partial charge < -0.3 is 15.5 Å². The van der Waals surface area contributed by atoms with Gasteiger partial charge >= 0.3 is 6.03 Å². The van der Waals surface area contributed by atoms with Gasteiger partial charge in [-0.25, -0.2) is 4.79 Å². The van der Waals surface area contributed by atoms with E-state index in [9.17, 15) is 9.59 Å². The van der Waals surface area contributed by atoms with Gasteiger partial charge in [0.2, 0.25) is 0 Å². The van der Waals surface area contributed by atoms with E-state index in [-0.39, 0.29) is 11.9 Å². The summed E-state index contributed by atoms with van der Waals surface area (Å²) >= 11 is 0.